The predicted octanol–water partition coefficient (Wildman–Crippen LogP) is 4.97. The average molecular weight is 343 g/mol. The average Bonchev–Trinajstić information content (AvgIpc) is 2.89. The van der Waals surface area contributed by atoms with Crippen LogP contribution >= 0.6 is 15.9 Å². The molecule has 1 aromatic rings. The van der Waals surface area contributed by atoms with Crippen molar-refractivity contribution >= 4 is 27.3 Å². The fraction of sp³-hybridized carbons (Fsp3) is 0.625. The summed E-state index contributed by atoms with van der Waals surface area (Å²) in [6, 6.07) is 3.77. The van der Waals surface area contributed by atoms with Crippen LogP contribution in [0.3, 0.4) is 0 Å². The second kappa shape index (κ2) is 6.79. The van der Waals surface area contributed by atoms with Gasteiger partial charge in [0, 0.05) is 18.7 Å². The summed E-state index contributed by atoms with van der Waals surface area (Å²) in [7, 11) is 0. The third kappa shape index (κ3) is 3.66. The molecule has 0 saturated heterocycles. The molecule has 1 saturated carbocycles. The van der Waals surface area contributed by atoms with Crippen LogP contribution in [0.1, 0.15) is 46.0 Å². The van der Waals surface area contributed by atoms with Gasteiger partial charge in [-0.25, -0.2) is 4.39 Å². The summed E-state index contributed by atoms with van der Waals surface area (Å²) in [4.78, 5) is 2.33. The molecule has 0 heterocycles. The van der Waals surface area contributed by atoms with E-state index in [1.165, 1.54) is 25.7 Å². The molecule has 0 amide bonds. The molecule has 0 atom stereocenters. The van der Waals surface area contributed by atoms with Gasteiger partial charge in [0.05, 0.1) is 15.8 Å². The van der Waals surface area contributed by atoms with Crippen LogP contribution in [0.4, 0.5) is 15.8 Å². The molecule has 1 aliphatic carbocycles. The molecule has 0 bridgehead atoms. The number of nitrogens with zero attached hydrogens (tertiary/aromatic N) is 1. The summed E-state index contributed by atoms with van der Waals surface area (Å²) in [5, 5.41) is 0. The van der Waals surface area contributed by atoms with Gasteiger partial charge in [0.25, 0.3) is 0 Å². The van der Waals surface area contributed by atoms with Crippen LogP contribution in [0.5, 0.6) is 0 Å². The molecule has 2 rings (SSSR count). The highest BCUT2D eigenvalue weighted by Crippen LogP contribution is 2.35. The van der Waals surface area contributed by atoms with E-state index in [1.54, 1.807) is 12.1 Å². The van der Waals surface area contributed by atoms with Gasteiger partial charge >= 0.3 is 0 Å². The third-order valence-corrected chi connectivity index (χ3v) is 4.70. The molecule has 2 nitrogen and oxygen atoms in total. The van der Waals surface area contributed by atoms with E-state index in [1.807, 2.05) is 0 Å². The van der Waals surface area contributed by atoms with Gasteiger partial charge in [-0.15, -0.1) is 0 Å². The fourth-order valence-electron chi connectivity index (χ4n) is 2.91. The summed E-state index contributed by atoms with van der Waals surface area (Å²) in [5.41, 5.74) is 7.65. The zero-order valence-corrected chi connectivity index (χ0v) is 13.9. The summed E-state index contributed by atoms with van der Waals surface area (Å²) in [5.74, 6) is 0.405. The monoisotopic (exact) mass is 342 g/mol. The molecule has 0 aromatic heterocycles. The molecule has 20 heavy (non-hydrogen) atoms. The van der Waals surface area contributed by atoms with Crippen molar-refractivity contribution in [3.8, 4) is 0 Å². The van der Waals surface area contributed by atoms with E-state index >= 15 is 0 Å². The Balaban J connectivity index is 2.27. The lowest BCUT2D eigenvalue weighted by Gasteiger charge is -2.33. The second-order valence-corrected chi connectivity index (χ2v) is 6.99. The van der Waals surface area contributed by atoms with Gasteiger partial charge in [-0.05, 0) is 47.2 Å². The molecule has 0 aliphatic heterocycles. The first-order valence-corrected chi connectivity index (χ1v) is 8.29. The Morgan fingerprint density at radius 3 is 2.60 bits per heavy atom. The highest BCUT2D eigenvalue weighted by Gasteiger charge is 2.25. The first-order chi connectivity index (χ1) is 9.49. The Morgan fingerprint density at radius 1 is 1.35 bits per heavy atom. The maximum atomic E-state index is 13.9. The highest BCUT2D eigenvalue weighted by atomic mass is 79.9. The van der Waals surface area contributed by atoms with E-state index in [0.717, 1.165) is 18.7 Å². The van der Waals surface area contributed by atoms with Gasteiger partial charge in [-0.3, -0.25) is 0 Å². The van der Waals surface area contributed by atoms with Crippen LogP contribution in [-0.2, 0) is 0 Å². The maximum Gasteiger partial charge on any atom is 0.139 e. The molecule has 1 fully saturated rings. The van der Waals surface area contributed by atoms with Crippen LogP contribution in [0, 0.1) is 11.7 Å². The van der Waals surface area contributed by atoms with Gasteiger partial charge in [0.2, 0.25) is 0 Å². The lowest BCUT2D eigenvalue weighted by Crippen LogP contribution is -2.35. The Morgan fingerprint density at radius 2 is 2.00 bits per heavy atom. The Hall–Kier alpha value is -0.770. The summed E-state index contributed by atoms with van der Waals surface area (Å²) >= 11 is 3.20. The van der Waals surface area contributed by atoms with E-state index in [-0.39, 0.29) is 5.82 Å². The van der Waals surface area contributed by atoms with Gasteiger partial charge in [0.15, 0.2) is 0 Å². The molecule has 0 spiro atoms. The SMILES string of the molecule is CC(C)CCN(c1cc(F)c(Br)cc1N)C1CCCC1. The van der Waals surface area contributed by atoms with E-state index in [9.17, 15) is 4.39 Å². The molecular weight excluding hydrogens is 319 g/mol. The van der Waals surface area contributed by atoms with Crippen LogP contribution in [0.15, 0.2) is 16.6 Å². The zero-order valence-electron chi connectivity index (χ0n) is 12.3. The second-order valence-electron chi connectivity index (χ2n) is 6.14. The van der Waals surface area contributed by atoms with E-state index in [4.69, 9.17) is 5.73 Å². The van der Waals surface area contributed by atoms with Crippen LogP contribution in [0.25, 0.3) is 0 Å². The summed E-state index contributed by atoms with van der Waals surface area (Å²) < 4.78 is 14.3. The van der Waals surface area contributed by atoms with Crippen molar-refractivity contribution in [2.75, 3.05) is 17.2 Å². The Kier molecular flexibility index (Phi) is 5.30. The molecule has 1 aliphatic rings. The Labute approximate surface area is 129 Å². The zero-order chi connectivity index (χ0) is 14.7. The van der Waals surface area contributed by atoms with Gasteiger partial charge < -0.3 is 10.6 Å². The maximum absolute atomic E-state index is 13.9. The van der Waals surface area contributed by atoms with Crippen LogP contribution < -0.4 is 10.6 Å². The largest absolute Gasteiger partial charge is 0.397 e. The number of hydrogen-bond acceptors (Lipinski definition) is 2. The van der Waals surface area contributed by atoms with Crippen LogP contribution in [0.2, 0.25) is 0 Å². The highest BCUT2D eigenvalue weighted by molar-refractivity contribution is 9.10. The molecular formula is C16H24BrFN2. The summed E-state index contributed by atoms with van der Waals surface area (Å²) in [6.45, 7) is 5.39. The molecule has 4 heteroatoms. The van der Waals surface area contributed by atoms with Crippen molar-refractivity contribution in [3.05, 3.63) is 22.4 Å². The first-order valence-electron chi connectivity index (χ1n) is 7.50. The minimum atomic E-state index is -0.234. The molecule has 0 unspecified atom stereocenters. The topological polar surface area (TPSA) is 29.3 Å². The van der Waals surface area contributed by atoms with Crippen molar-refractivity contribution in [1.82, 2.24) is 0 Å². The molecule has 2 N–H and O–H groups in total. The smallest absolute Gasteiger partial charge is 0.139 e. The van der Waals surface area contributed by atoms with Crippen molar-refractivity contribution in [2.24, 2.45) is 5.92 Å². The summed E-state index contributed by atoms with van der Waals surface area (Å²) in [6.07, 6.45) is 6.02. The lowest BCUT2D eigenvalue weighted by atomic mass is 10.1. The van der Waals surface area contributed by atoms with Gasteiger partial charge in [-0.1, -0.05) is 26.7 Å². The predicted molar refractivity (Wildman–Crippen MR) is 87.6 cm³/mol. The van der Waals surface area contributed by atoms with E-state index in [2.05, 4.69) is 34.7 Å². The third-order valence-electron chi connectivity index (χ3n) is 4.09. The normalized spacial score (nSPS) is 16.1. The van der Waals surface area contributed by atoms with Crippen molar-refractivity contribution < 1.29 is 4.39 Å². The number of nitrogen functional groups attached to an aromatic ring is 1. The molecule has 0 radical (unpaired) electrons. The van der Waals surface area contributed by atoms with Crippen molar-refractivity contribution in [2.45, 2.75) is 52.0 Å². The Bertz CT molecular complexity index is 456. The van der Waals surface area contributed by atoms with Crippen LogP contribution in [-0.4, -0.2) is 12.6 Å². The number of rotatable bonds is 5. The fourth-order valence-corrected chi connectivity index (χ4v) is 3.27. The lowest BCUT2D eigenvalue weighted by molar-refractivity contribution is 0.527. The number of hydrogen-bond donors (Lipinski definition) is 1. The molecule has 112 valence electrons. The van der Waals surface area contributed by atoms with Gasteiger partial charge in [-0.2, -0.15) is 0 Å². The minimum Gasteiger partial charge on any atom is -0.397 e. The minimum absolute atomic E-state index is 0.234. The number of halogens is 2. The first kappa shape index (κ1) is 15.6. The van der Waals surface area contributed by atoms with Crippen molar-refractivity contribution in [1.29, 1.82) is 0 Å². The van der Waals surface area contributed by atoms with E-state index < -0.39 is 0 Å². The molecule has 1 aromatic carbocycles. The number of benzene rings is 1. The standard InChI is InChI=1S/C16H24BrFN2/c1-11(2)7-8-20(12-5-3-4-6-12)16-10-14(18)13(17)9-15(16)19/h9-12H,3-8,19H2,1-2H3. The van der Waals surface area contributed by atoms with Crippen molar-refractivity contribution in [3.63, 3.8) is 0 Å². The number of nitrogens with two attached hydrogens (primary N) is 1. The quantitative estimate of drug-likeness (QED) is 0.765. The van der Waals surface area contributed by atoms with E-state index in [0.29, 0.717) is 22.1 Å². The number of anilines is 2. The van der Waals surface area contributed by atoms with Gasteiger partial charge in [0.1, 0.15) is 5.82 Å².